The van der Waals surface area contributed by atoms with Gasteiger partial charge >= 0.3 is 11.9 Å². The van der Waals surface area contributed by atoms with Gasteiger partial charge in [-0.05, 0) is 40.0 Å². The van der Waals surface area contributed by atoms with E-state index in [9.17, 15) is 14.4 Å². The van der Waals surface area contributed by atoms with E-state index in [4.69, 9.17) is 9.84 Å². The van der Waals surface area contributed by atoms with Gasteiger partial charge in [0.1, 0.15) is 12.1 Å². The Balaban J connectivity index is 3.03. The number of carbonyl (C=O) groups is 3. The lowest BCUT2D eigenvalue weighted by Crippen LogP contribution is -2.49. The minimum absolute atomic E-state index is 0.294. The summed E-state index contributed by atoms with van der Waals surface area (Å²) in [4.78, 5) is 37.0. The molecule has 1 aromatic rings. The number of hydrogen-bond acceptors (Lipinski definition) is 5. The molecule has 132 valence electrons. The van der Waals surface area contributed by atoms with Gasteiger partial charge in [0.15, 0.2) is 0 Å². The standard InChI is InChI=1S/C17H24N2O5/c1-17(2,3)24-15(22)11-19(12-8-6-5-7-9-12)16(23)13(18-4)10-14(20)21/h5-9,13,18H,10-11H2,1-4H3,(H,20,21)/t13-/m0/s1. The first-order chi connectivity index (χ1) is 11.1. The summed E-state index contributed by atoms with van der Waals surface area (Å²) >= 11 is 0. The number of nitrogens with zero attached hydrogens (tertiary/aromatic N) is 1. The van der Waals surface area contributed by atoms with E-state index in [1.165, 1.54) is 11.9 Å². The number of amides is 1. The second-order valence-corrected chi connectivity index (χ2v) is 6.29. The number of rotatable bonds is 7. The quantitative estimate of drug-likeness (QED) is 0.731. The summed E-state index contributed by atoms with van der Waals surface area (Å²) in [7, 11) is 1.50. The van der Waals surface area contributed by atoms with Crippen LogP contribution < -0.4 is 10.2 Å². The highest BCUT2D eigenvalue weighted by molar-refractivity contribution is 6.02. The zero-order chi connectivity index (χ0) is 18.3. The number of nitrogens with one attached hydrogen (secondary N) is 1. The third kappa shape index (κ3) is 6.37. The molecule has 0 aliphatic heterocycles. The van der Waals surface area contributed by atoms with Crippen molar-refractivity contribution < 1.29 is 24.2 Å². The van der Waals surface area contributed by atoms with E-state index in [1.807, 2.05) is 0 Å². The normalized spacial score (nSPS) is 12.3. The fraction of sp³-hybridized carbons (Fsp3) is 0.471. The Morgan fingerprint density at radius 3 is 2.25 bits per heavy atom. The van der Waals surface area contributed by atoms with Crippen molar-refractivity contribution >= 4 is 23.5 Å². The molecule has 0 bridgehead atoms. The fourth-order valence-electron chi connectivity index (χ4n) is 2.08. The Kier molecular flexibility index (Phi) is 6.91. The van der Waals surface area contributed by atoms with E-state index >= 15 is 0 Å². The molecule has 0 aliphatic rings. The Morgan fingerprint density at radius 1 is 1.21 bits per heavy atom. The number of benzene rings is 1. The van der Waals surface area contributed by atoms with Crippen molar-refractivity contribution in [2.75, 3.05) is 18.5 Å². The number of carboxylic acid groups (broad SMARTS) is 1. The van der Waals surface area contributed by atoms with Crippen molar-refractivity contribution in [3.8, 4) is 0 Å². The maximum atomic E-state index is 12.7. The minimum atomic E-state index is -1.10. The number of para-hydroxylation sites is 1. The molecule has 1 amide bonds. The van der Waals surface area contributed by atoms with Crippen LogP contribution in [0.3, 0.4) is 0 Å². The average Bonchev–Trinajstić information content (AvgIpc) is 2.48. The summed E-state index contributed by atoms with van der Waals surface area (Å²) in [5.41, 5.74) is -0.176. The van der Waals surface area contributed by atoms with Crippen LogP contribution >= 0.6 is 0 Å². The van der Waals surface area contributed by atoms with Gasteiger partial charge in [-0.1, -0.05) is 18.2 Å². The number of carbonyl (C=O) groups excluding carboxylic acids is 2. The molecule has 0 spiro atoms. The third-order valence-corrected chi connectivity index (χ3v) is 3.07. The molecular formula is C17H24N2O5. The molecule has 0 saturated heterocycles. The first-order valence-corrected chi connectivity index (χ1v) is 7.61. The summed E-state index contributed by atoms with van der Waals surface area (Å²) in [5.74, 6) is -2.17. The van der Waals surface area contributed by atoms with Gasteiger partial charge in [-0.3, -0.25) is 19.3 Å². The first kappa shape index (κ1) is 19.6. The molecule has 2 N–H and O–H groups in total. The molecule has 0 aliphatic carbocycles. The van der Waals surface area contributed by atoms with Crippen molar-refractivity contribution in [2.45, 2.75) is 38.8 Å². The number of aliphatic carboxylic acids is 1. The summed E-state index contributed by atoms with van der Waals surface area (Å²) in [6.45, 7) is 4.92. The summed E-state index contributed by atoms with van der Waals surface area (Å²) < 4.78 is 5.26. The number of carboxylic acids is 1. The van der Waals surface area contributed by atoms with Gasteiger partial charge in [0.2, 0.25) is 5.91 Å². The monoisotopic (exact) mass is 336 g/mol. The van der Waals surface area contributed by atoms with Crippen molar-refractivity contribution in [3.05, 3.63) is 30.3 Å². The fourth-order valence-corrected chi connectivity index (χ4v) is 2.08. The predicted octanol–water partition coefficient (Wildman–Crippen LogP) is 1.42. The molecule has 24 heavy (non-hydrogen) atoms. The maximum absolute atomic E-state index is 12.7. The lowest BCUT2D eigenvalue weighted by molar-refractivity contribution is -0.153. The summed E-state index contributed by atoms with van der Waals surface area (Å²) in [6.07, 6.45) is -0.382. The maximum Gasteiger partial charge on any atom is 0.326 e. The second-order valence-electron chi connectivity index (χ2n) is 6.29. The molecule has 0 unspecified atom stereocenters. The smallest absolute Gasteiger partial charge is 0.326 e. The number of ether oxygens (including phenoxy) is 1. The lowest BCUT2D eigenvalue weighted by Gasteiger charge is -2.28. The van der Waals surface area contributed by atoms with Crippen molar-refractivity contribution in [1.29, 1.82) is 0 Å². The van der Waals surface area contributed by atoms with Crippen LogP contribution in [0.15, 0.2) is 30.3 Å². The second kappa shape index (κ2) is 8.44. The van der Waals surface area contributed by atoms with E-state index in [0.29, 0.717) is 5.69 Å². The minimum Gasteiger partial charge on any atom is -0.481 e. The topological polar surface area (TPSA) is 95.9 Å². The summed E-state index contributed by atoms with van der Waals surface area (Å²) in [6, 6.07) is 7.66. The highest BCUT2D eigenvalue weighted by Crippen LogP contribution is 2.17. The van der Waals surface area contributed by atoms with Crippen LogP contribution in [0, 0.1) is 0 Å². The SMILES string of the molecule is CN[C@@H](CC(=O)O)C(=O)N(CC(=O)OC(C)(C)C)c1ccccc1. The molecule has 0 aromatic heterocycles. The third-order valence-electron chi connectivity index (χ3n) is 3.07. The van der Waals surface area contributed by atoms with Crippen molar-refractivity contribution in [3.63, 3.8) is 0 Å². The van der Waals surface area contributed by atoms with Crippen LogP contribution in [0.5, 0.6) is 0 Å². The molecule has 0 radical (unpaired) electrons. The molecule has 7 nitrogen and oxygen atoms in total. The van der Waals surface area contributed by atoms with Gasteiger partial charge in [0.05, 0.1) is 12.5 Å². The van der Waals surface area contributed by atoms with E-state index in [1.54, 1.807) is 51.1 Å². The van der Waals surface area contributed by atoms with Crippen molar-refractivity contribution in [2.24, 2.45) is 0 Å². The number of anilines is 1. The Hall–Kier alpha value is -2.41. The molecule has 0 saturated carbocycles. The Labute approximate surface area is 141 Å². The van der Waals surface area contributed by atoms with Gasteiger partial charge < -0.3 is 15.2 Å². The van der Waals surface area contributed by atoms with Crippen LogP contribution in [0.4, 0.5) is 5.69 Å². The Bertz CT molecular complexity index is 580. The van der Waals surface area contributed by atoms with Crippen LogP contribution in [-0.2, 0) is 19.1 Å². The van der Waals surface area contributed by atoms with Crippen LogP contribution in [0.1, 0.15) is 27.2 Å². The molecule has 1 atom stereocenters. The Morgan fingerprint density at radius 2 is 1.79 bits per heavy atom. The molecule has 1 rings (SSSR count). The summed E-state index contributed by atoms with van der Waals surface area (Å²) in [5, 5.41) is 11.6. The highest BCUT2D eigenvalue weighted by atomic mass is 16.6. The van der Waals surface area contributed by atoms with Gasteiger partial charge in [-0.25, -0.2) is 0 Å². The molecule has 7 heteroatoms. The molecule has 0 fully saturated rings. The zero-order valence-electron chi connectivity index (χ0n) is 14.4. The van der Waals surface area contributed by atoms with E-state index in [-0.39, 0.29) is 13.0 Å². The predicted molar refractivity (Wildman–Crippen MR) is 89.7 cm³/mol. The first-order valence-electron chi connectivity index (χ1n) is 7.61. The zero-order valence-corrected chi connectivity index (χ0v) is 14.4. The van der Waals surface area contributed by atoms with Gasteiger partial charge in [-0.15, -0.1) is 0 Å². The van der Waals surface area contributed by atoms with Gasteiger partial charge in [0.25, 0.3) is 0 Å². The largest absolute Gasteiger partial charge is 0.481 e. The molecule has 0 heterocycles. The van der Waals surface area contributed by atoms with E-state index in [0.717, 1.165) is 0 Å². The highest BCUT2D eigenvalue weighted by Gasteiger charge is 2.29. The molecular weight excluding hydrogens is 312 g/mol. The number of esters is 1. The van der Waals surface area contributed by atoms with Crippen molar-refractivity contribution in [1.82, 2.24) is 5.32 Å². The number of hydrogen-bond donors (Lipinski definition) is 2. The lowest BCUT2D eigenvalue weighted by atomic mass is 10.1. The number of likely N-dealkylation sites (N-methyl/N-ethyl adjacent to an activating group) is 1. The average molecular weight is 336 g/mol. The van der Waals surface area contributed by atoms with E-state index < -0.39 is 29.5 Å². The van der Waals surface area contributed by atoms with Crippen LogP contribution in [0.25, 0.3) is 0 Å². The van der Waals surface area contributed by atoms with Gasteiger partial charge in [0, 0.05) is 5.69 Å². The van der Waals surface area contributed by atoms with Crippen LogP contribution in [0.2, 0.25) is 0 Å². The van der Waals surface area contributed by atoms with Gasteiger partial charge in [-0.2, -0.15) is 0 Å². The van der Waals surface area contributed by atoms with E-state index in [2.05, 4.69) is 5.32 Å². The van der Waals surface area contributed by atoms with Crippen LogP contribution in [-0.4, -0.2) is 48.2 Å². The molecule has 1 aromatic carbocycles.